The minimum Gasteiger partial charge on any atom is -0.530 e. The van der Waals surface area contributed by atoms with E-state index in [0.717, 1.165) is 40.2 Å². The smallest absolute Gasteiger partial charge is 0.224 e. The Morgan fingerprint density at radius 1 is 1.18 bits per heavy atom. The Balaban J connectivity index is 1.60. The summed E-state index contributed by atoms with van der Waals surface area (Å²) in [5.41, 5.74) is 4.78. The number of nitrogens with one attached hydrogen (secondary N) is 1. The molecule has 2 atom stereocenters. The van der Waals surface area contributed by atoms with Gasteiger partial charge in [-0.25, -0.2) is 4.98 Å². The molecule has 2 aromatic heterocycles. The molecule has 3 aromatic rings. The quantitative estimate of drug-likeness (QED) is 0.502. The van der Waals surface area contributed by atoms with Gasteiger partial charge in [-0.15, -0.1) is 0 Å². The number of anilines is 2. The Bertz CT molecular complexity index is 1310. The first kappa shape index (κ1) is 27.2. The first-order valence-corrected chi connectivity index (χ1v) is 13.0. The first-order chi connectivity index (χ1) is 17.9. The largest absolute Gasteiger partial charge is 0.530 e. The van der Waals surface area contributed by atoms with Crippen LogP contribution in [0.2, 0.25) is 0 Å². The number of carboxylic acid groups (broad SMARTS) is 1. The van der Waals surface area contributed by atoms with Gasteiger partial charge in [0.2, 0.25) is 5.91 Å². The molecule has 0 aliphatic carbocycles. The fraction of sp³-hybridized carbons (Fsp3) is 0.448. The topological polar surface area (TPSA) is 106 Å². The molecule has 3 heterocycles. The molecule has 0 fully saturated rings. The van der Waals surface area contributed by atoms with Crippen molar-refractivity contribution in [3.05, 3.63) is 60.0 Å². The zero-order chi connectivity index (χ0) is 27.6. The Hall–Kier alpha value is -3.88. The van der Waals surface area contributed by atoms with E-state index >= 15 is 0 Å². The van der Waals surface area contributed by atoms with Crippen LogP contribution in [0.5, 0.6) is 0 Å². The van der Waals surface area contributed by atoms with E-state index in [1.54, 1.807) is 24.0 Å². The summed E-state index contributed by atoms with van der Waals surface area (Å²) in [7, 11) is 0. The van der Waals surface area contributed by atoms with E-state index in [4.69, 9.17) is 0 Å². The van der Waals surface area contributed by atoms with E-state index in [9.17, 15) is 14.7 Å². The summed E-state index contributed by atoms with van der Waals surface area (Å²) in [5.74, 6) is 0.814. The molecule has 9 heteroatoms. The number of pyridine rings is 1. The SMILES string of the molecule is CC(=O)N1c2ccc(-c3cnn(CCN(CC(C)(C)C)C(=O)[O-])c3)cc2[C@H](Nc2cc(C)ccn2)C[C@@H]1C. The van der Waals surface area contributed by atoms with Gasteiger partial charge in [0.25, 0.3) is 0 Å². The van der Waals surface area contributed by atoms with E-state index in [2.05, 4.69) is 28.4 Å². The summed E-state index contributed by atoms with van der Waals surface area (Å²) in [5, 5.41) is 19.6. The summed E-state index contributed by atoms with van der Waals surface area (Å²) in [6.07, 6.45) is 5.07. The molecular weight excluding hydrogens is 480 g/mol. The van der Waals surface area contributed by atoms with Crippen molar-refractivity contribution in [1.29, 1.82) is 0 Å². The van der Waals surface area contributed by atoms with Crippen LogP contribution in [-0.4, -0.2) is 50.8 Å². The van der Waals surface area contributed by atoms with Crippen molar-refractivity contribution in [3.63, 3.8) is 0 Å². The highest BCUT2D eigenvalue weighted by Crippen LogP contribution is 2.41. The standard InChI is InChI=1S/C29H38N6O3/c1-19-9-10-30-27(13-19)32-25-14-20(2)35(21(3)36)26-8-7-22(15-24(25)26)23-16-31-34(17-23)12-11-33(28(37)38)18-29(4,5)6/h7-10,13,15-17,20,25H,11-12,14,18H2,1-6H3,(H,30,32)(H,37,38)/p-1/t20-,25+/m0/s1. The van der Waals surface area contributed by atoms with Crippen molar-refractivity contribution < 1.29 is 14.7 Å². The van der Waals surface area contributed by atoms with E-state index < -0.39 is 6.09 Å². The number of carbonyl (C=O) groups excluding carboxylic acids is 2. The highest BCUT2D eigenvalue weighted by atomic mass is 16.4. The maximum atomic E-state index is 12.5. The molecule has 1 aromatic carbocycles. The predicted octanol–water partition coefficient (Wildman–Crippen LogP) is 4.24. The van der Waals surface area contributed by atoms with E-state index in [-0.39, 0.29) is 23.4 Å². The number of rotatable bonds is 7. The summed E-state index contributed by atoms with van der Waals surface area (Å²) in [4.78, 5) is 31.8. The third-order valence-electron chi connectivity index (χ3n) is 6.75. The fourth-order valence-corrected chi connectivity index (χ4v) is 5.12. The minimum absolute atomic E-state index is 0.0131. The fourth-order valence-electron chi connectivity index (χ4n) is 5.12. The van der Waals surface area contributed by atoms with Gasteiger partial charge in [-0.2, -0.15) is 5.10 Å². The van der Waals surface area contributed by atoms with Crippen LogP contribution >= 0.6 is 0 Å². The molecule has 0 unspecified atom stereocenters. The first-order valence-electron chi connectivity index (χ1n) is 13.0. The van der Waals surface area contributed by atoms with Crippen LogP contribution in [0.15, 0.2) is 48.9 Å². The van der Waals surface area contributed by atoms with Gasteiger partial charge in [0.05, 0.1) is 18.8 Å². The molecule has 1 aliphatic rings. The molecule has 2 amide bonds. The minimum atomic E-state index is -1.17. The Labute approximate surface area is 224 Å². The van der Waals surface area contributed by atoms with Crippen LogP contribution < -0.4 is 15.3 Å². The highest BCUT2D eigenvalue weighted by molar-refractivity contribution is 5.94. The van der Waals surface area contributed by atoms with Crippen LogP contribution in [0.3, 0.4) is 0 Å². The third-order valence-corrected chi connectivity index (χ3v) is 6.75. The number of benzene rings is 1. The second-order valence-electron chi connectivity index (χ2n) is 11.4. The number of aryl methyl sites for hydroxylation is 1. The maximum absolute atomic E-state index is 12.5. The number of carbonyl (C=O) groups is 2. The molecule has 9 nitrogen and oxygen atoms in total. The lowest BCUT2D eigenvalue weighted by atomic mass is 9.89. The molecule has 0 saturated heterocycles. The van der Waals surface area contributed by atoms with Gasteiger partial charge < -0.3 is 25.0 Å². The molecule has 4 rings (SSSR count). The Morgan fingerprint density at radius 3 is 2.61 bits per heavy atom. The van der Waals surface area contributed by atoms with Gasteiger partial charge >= 0.3 is 0 Å². The lowest BCUT2D eigenvalue weighted by Gasteiger charge is -2.39. The van der Waals surface area contributed by atoms with Crippen LogP contribution in [0.4, 0.5) is 16.3 Å². The summed E-state index contributed by atoms with van der Waals surface area (Å²) in [6.45, 7) is 12.8. The summed E-state index contributed by atoms with van der Waals surface area (Å²) >= 11 is 0. The molecule has 0 spiro atoms. The van der Waals surface area contributed by atoms with Crippen molar-refractivity contribution in [2.75, 3.05) is 23.3 Å². The summed E-state index contributed by atoms with van der Waals surface area (Å²) in [6, 6.07) is 10.1. The van der Waals surface area contributed by atoms with Crippen LogP contribution in [-0.2, 0) is 11.3 Å². The highest BCUT2D eigenvalue weighted by Gasteiger charge is 2.33. The van der Waals surface area contributed by atoms with Crippen molar-refractivity contribution in [3.8, 4) is 11.1 Å². The molecule has 0 saturated carbocycles. The van der Waals surface area contributed by atoms with Crippen LogP contribution in [0.25, 0.3) is 11.1 Å². The number of nitrogens with zero attached hydrogens (tertiary/aromatic N) is 5. The van der Waals surface area contributed by atoms with Gasteiger partial charge in [-0.3, -0.25) is 9.48 Å². The van der Waals surface area contributed by atoms with Gasteiger partial charge in [0.1, 0.15) is 11.9 Å². The number of fused-ring (bicyclic) bond motifs is 1. The van der Waals surface area contributed by atoms with Gasteiger partial charge in [-0.1, -0.05) is 26.8 Å². The third kappa shape index (κ3) is 6.33. The number of hydrogen-bond donors (Lipinski definition) is 1. The second kappa shape index (κ2) is 10.8. The van der Waals surface area contributed by atoms with Gasteiger partial charge in [0.15, 0.2) is 0 Å². The van der Waals surface area contributed by atoms with Crippen molar-refractivity contribution in [1.82, 2.24) is 19.7 Å². The number of hydrogen-bond acceptors (Lipinski definition) is 6. The van der Waals surface area contributed by atoms with Crippen molar-refractivity contribution >= 4 is 23.5 Å². The monoisotopic (exact) mass is 517 g/mol. The lowest BCUT2D eigenvalue weighted by molar-refractivity contribution is -0.266. The van der Waals surface area contributed by atoms with Crippen molar-refractivity contribution in [2.24, 2.45) is 5.41 Å². The average molecular weight is 518 g/mol. The van der Waals surface area contributed by atoms with E-state index in [1.807, 2.05) is 63.1 Å². The number of aromatic nitrogens is 3. The zero-order valence-electron chi connectivity index (χ0n) is 23.1. The summed E-state index contributed by atoms with van der Waals surface area (Å²) < 4.78 is 1.75. The molecular formula is C29H37N6O3-. The maximum Gasteiger partial charge on any atom is 0.224 e. The van der Waals surface area contributed by atoms with Crippen molar-refractivity contribution in [2.45, 2.75) is 66.6 Å². The van der Waals surface area contributed by atoms with E-state index in [0.29, 0.717) is 19.6 Å². The molecule has 38 heavy (non-hydrogen) atoms. The van der Waals surface area contributed by atoms with Crippen LogP contribution in [0.1, 0.15) is 58.2 Å². The molecule has 0 bridgehead atoms. The molecule has 0 radical (unpaired) electrons. The molecule has 1 aliphatic heterocycles. The lowest BCUT2D eigenvalue weighted by Crippen LogP contribution is -2.46. The average Bonchev–Trinajstić information content (AvgIpc) is 3.29. The Morgan fingerprint density at radius 2 is 1.95 bits per heavy atom. The van der Waals surface area contributed by atoms with E-state index in [1.165, 1.54) is 4.90 Å². The predicted molar refractivity (Wildman–Crippen MR) is 147 cm³/mol. The second-order valence-corrected chi connectivity index (χ2v) is 11.4. The number of amides is 2. The zero-order valence-corrected chi connectivity index (χ0v) is 23.1. The normalized spacial score (nSPS) is 17.2. The van der Waals surface area contributed by atoms with Crippen LogP contribution in [0, 0.1) is 12.3 Å². The molecule has 202 valence electrons. The van der Waals surface area contributed by atoms with Gasteiger partial charge in [-0.05, 0) is 66.6 Å². The van der Waals surface area contributed by atoms with Gasteiger partial charge in [0, 0.05) is 49.7 Å². The Kier molecular flexibility index (Phi) is 7.76. The molecule has 1 N–H and O–H groups in total.